The minimum Gasteiger partial charge on any atom is -0.480 e. The van der Waals surface area contributed by atoms with Crippen molar-refractivity contribution >= 4 is 27.6 Å². The predicted octanol–water partition coefficient (Wildman–Crippen LogP) is 2.58. The summed E-state index contributed by atoms with van der Waals surface area (Å²) in [4.78, 5) is 15.7. The van der Waals surface area contributed by atoms with Crippen LogP contribution in [0.2, 0.25) is 0 Å². The van der Waals surface area contributed by atoms with E-state index in [9.17, 15) is 4.79 Å². The maximum absolute atomic E-state index is 11.1. The number of nitrogens with one attached hydrogen (secondary N) is 1. The minimum atomic E-state index is -0.840. The molecule has 5 nitrogen and oxygen atoms in total. The van der Waals surface area contributed by atoms with E-state index in [-0.39, 0.29) is 6.10 Å². The number of aliphatic carboxylic acids is 1. The summed E-state index contributed by atoms with van der Waals surface area (Å²) in [6, 6.07) is 15.4. The van der Waals surface area contributed by atoms with Crippen LogP contribution >= 0.6 is 0 Å². The lowest BCUT2D eigenvalue weighted by Crippen LogP contribution is -2.30. The number of benzene rings is 2. The Bertz CT molecular complexity index is 894. The fourth-order valence-electron chi connectivity index (χ4n) is 3.10. The van der Waals surface area contributed by atoms with Crippen molar-refractivity contribution in [1.29, 1.82) is 0 Å². The van der Waals surface area contributed by atoms with E-state index in [1.807, 2.05) is 42.5 Å². The Morgan fingerprint density at radius 1 is 1.09 bits per heavy atom. The molecule has 4 rings (SSSR count). The predicted molar refractivity (Wildman–Crippen MR) is 87.7 cm³/mol. The number of carboxylic acid groups (broad SMARTS) is 1. The van der Waals surface area contributed by atoms with Gasteiger partial charge in [-0.1, -0.05) is 36.4 Å². The molecule has 1 aromatic heterocycles. The molecule has 0 aliphatic carbocycles. The number of aromatic nitrogens is 1. The van der Waals surface area contributed by atoms with Crippen LogP contribution in [0.1, 0.15) is 6.42 Å². The van der Waals surface area contributed by atoms with Gasteiger partial charge in [-0.15, -0.1) is 0 Å². The lowest BCUT2D eigenvalue weighted by molar-refractivity contribution is -0.139. The summed E-state index contributed by atoms with van der Waals surface area (Å²) in [6.45, 7) is 0.514. The van der Waals surface area contributed by atoms with E-state index in [1.165, 1.54) is 0 Å². The molecule has 1 aliphatic rings. The maximum atomic E-state index is 11.1. The second-order valence-corrected chi connectivity index (χ2v) is 5.75. The molecule has 1 fully saturated rings. The van der Waals surface area contributed by atoms with Crippen molar-refractivity contribution in [2.45, 2.75) is 18.6 Å². The van der Waals surface area contributed by atoms with Gasteiger partial charge in [0.1, 0.15) is 12.1 Å². The number of fused-ring (bicyclic) bond motifs is 3. The van der Waals surface area contributed by atoms with Gasteiger partial charge < -0.3 is 15.2 Å². The zero-order valence-corrected chi connectivity index (χ0v) is 12.4. The second-order valence-electron chi connectivity index (χ2n) is 5.75. The summed E-state index contributed by atoms with van der Waals surface area (Å²) in [7, 11) is 0. The lowest BCUT2D eigenvalue weighted by atomic mass is 10.1. The maximum Gasteiger partial charge on any atom is 0.320 e. The number of nitrogens with zero attached hydrogens (tertiary/aromatic N) is 1. The number of ether oxygens (including phenoxy) is 1. The van der Waals surface area contributed by atoms with Crippen LogP contribution in [0.4, 0.5) is 0 Å². The molecular weight excluding hydrogens is 292 g/mol. The zero-order chi connectivity index (χ0) is 15.8. The summed E-state index contributed by atoms with van der Waals surface area (Å²) < 4.78 is 6.04. The molecule has 1 aliphatic heterocycles. The number of carboxylic acids is 1. The average Bonchev–Trinajstić information content (AvgIpc) is 3.04. The SMILES string of the molecule is O=C(O)[C@@H]1C[C@@H](Oc2nc3ccccc3c3ccccc23)CN1. The van der Waals surface area contributed by atoms with Crippen molar-refractivity contribution in [3.63, 3.8) is 0 Å². The highest BCUT2D eigenvalue weighted by atomic mass is 16.5. The first kappa shape index (κ1) is 14.0. The molecule has 2 N–H and O–H groups in total. The van der Waals surface area contributed by atoms with Gasteiger partial charge in [-0.2, -0.15) is 0 Å². The first-order valence-electron chi connectivity index (χ1n) is 7.63. The third kappa shape index (κ3) is 2.49. The van der Waals surface area contributed by atoms with Gasteiger partial charge in [-0.25, -0.2) is 4.98 Å². The molecule has 0 unspecified atom stereocenters. The summed E-state index contributed by atoms with van der Waals surface area (Å²) >= 11 is 0. The summed E-state index contributed by atoms with van der Waals surface area (Å²) in [5.74, 6) is -0.274. The number of hydrogen-bond acceptors (Lipinski definition) is 4. The molecule has 0 bridgehead atoms. The monoisotopic (exact) mass is 308 g/mol. The third-order valence-corrected chi connectivity index (χ3v) is 4.24. The molecule has 3 aromatic rings. The van der Waals surface area contributed by atoms with Crippen molar-refractivity contribution in [2.75, 3.05) is 6.54 Å². The quantitative estimate of drug-likeness (QED) is 0.728. The Balaban J connectivity index is 1.75. The molecule has 5 heteroatoms. The first-order valence-corrected chi connectivity index (χ1v) is 7.63. The normalized spacial score (nSPS) is 20.9. The number of para-hydroxylation sites is 1. The Kier molecular flexibility index (Phi) is 3.35. The lowest BCUT2D eigenvalue weighted by Gasteiger charge is -2.15. The fraction of sp³-hybridized carbons (Fsp3) is 0.222. The van der Waals surface area contributed by atoms with Crippen LogP contribution in [0.25, 0.3) is 21.7 Å². The van der Waals surface area contributed by atoms with Crippen molar-refractivity contribution in [3.05, 3.63) is 48.5 Å². The summed E-state index contributed by atoms with van der Waals surface area (Å²) in [5.41, 5.74) is 0.877. The molecule has 2 atom stereocenters. The van der Waals surface area contributed by atoms with Crippen LogP contribution in [-0.2, 0) is 4.79 Å². The van der Waals surface area contributed by atoms with Crippen LogP contribution in [-0.4, -0.2) is 34.8 Å². The summed E-state index contributed by atoms with van der Waals surface area (Å²) in [5, 5.41) is 15.2. The molecule has 23 heavy (non-hydrogen) atoms. The molecule has 0 radical (unpaired) electrons. The standard InChI is InChI=1S/C18H16N2O3/c21-18(22)16-9-11(10-19-16)23-17-14-7-2-1-5-12(14)13-6-3-4-8-15(13)20-17/h1-8,11,16,19H,9-10H2,(H,21,22)/t11-,16+/m1/s1. The fourth-order valence-corrected chi connectivity index (χ4v) is 3.10. The van der Waals surface area contributed by atoms with Gasteiger partial charge in [-0.05, 0) is 17.5 Å². The van der Waals surface area contributed by atoms with Crippen molar-refractivity contribution < 1.29 is 14.6 Å². The van der Waals surface area contributed by atoms with E-state index in [2.05, 4.69) is 16.4 Å². The van der Waals surface area contributed by atoms with E-state index in [4.69, 9.17) is 9.84 Å². The molecule has 2 aromatic carbocycles. The van der Waals surface area contributed by atoms with Gasteiger partial charge in [0.2, 0.25) is 5.88 Å². The van der Waals surface area contributed by atoms with Crippen LogP contribution in [0.3, 0.4) is 0 Å². The van der Waals surface area contributed by atoms with E-state index in [0.717, 1.165) is 21.7 Å². The largest absolute Gasteiger partial charge is 0.480 e. The Morgan fingerprint density at radius 3 is 2.52 bits per heavy atom. The highest BCUT2D eigenvalue weighted by Gasteiger charge is 2.31. The summed E-state index contributed by atoms with van der Waals surface area (Å²) in [6.07, 6.45) is 0.256. The van der Waals surface area contributed by atoms with Gasteiger partial charge in [-0.3, -0.25) is 4.79 Å². The van der Waals surface area contributed by atoms with Crippen LogP contribution in [0, 0.1) is 0 Å². The molecule has 0 spiro atoms. The number of carbonyl (C=O) groups is 1. The van der Waals surface area contributed by atoms with Gasteiger partial charge in [0.25, 0.3) is 0 Å². The van der Waals surface area contributed by atoms with Crippen molar-refractivity contribution in [1.82, 2.24) is 10.3 Å². The second kappa shape index (κ2) is 5.52. The molecule has 0 amide bonds. The molecular formula is C18H16N2O3. The number of rotatable bonds is 3. The highest BCUT2D eigenvalue weighted by Crippen LogP contribution is 2.31. The molecule has 1 saturated heterocycles. The topological polar surface area (TPSA) is 71.5 Å². The van der Waals surface area contributed by atoms with Gasteiger partial charge in [0, 0.05) is 23.7 Å². The average molecular weight is 308 g/mol. The van der Waals surface area contributed by atoms with Crippen molar-refractivity contribution in [3.8, 4) is 5.88 Å². The zero-order valence-electron chi connectivity index (χ0n) is 12.4. The van der Waals surface area contributed by atoms with E-state index >= 15 is 0 Å². The van der Waals surface area contributed by atoms with Crippen molar-refractivity contribution in [2.24, 2.45) is 0 Å². The van der Waals surface area contributed by atoms with Gasteiger partial charge in [0.05, 0.1) is 5.52 Å². The Labute approximate surface area is 132 Å². The number of pyridine rings is 1. The van der Waals surface area contributed by atoms with E-state index in [1.54, 1.807) is 0 Å². The third-order valence-electron chi connectivity index (χ3n) is 4.24. The molecule has 2 heterocycles. The Morgan fingerprint density at radius 2 is 1.78 bits per heavy atom. The van der Waals surface area contributed by atoms with Crippen LogP contribution in [0.5, 0.6) is 5.88 Å². The van der Waals surface area contributed by atoms with Crippen LogP contribution in [0.15, 0.2) is 48.5 Å². The van der Waals surface area contributed by atoms with E-state index < -0.39 is 12.0 Å². The molecule has 116 valence electrons. The minimum absolute atomic E-state index is 0.187. The first-order chi connectivity index (χ1) is 11.2. The number of hydrogen-bond donors (Lipinski definition) is 2. The smallest absolute Gasteiger partial charge is 0.320 e. The van der Waals surface area contributed by atoms with Crippen LogP contribution < -0.4 is 10.1 Å². The van der Waals surface area contributed by atoms with Gasteiger partial charge in [0.15, 0.2) is 0 Å². The van der Waals surface area contributed by atoms with E-state index in [0.29, 0.717) is 18.8 Å². The Hall–Kier alpha value is -2.66. The van der Waals surface area contributed by atoms with Gasteiger partial charge >= 0.3 is 5.97 Å². The highest BCUT2D eigenvalue weighted by molar-refractivity contribution is 6.07. The molecule has 0 saturated carbocycles.